The Morgan fingerprint density at radius 1 is 1.73 bits per heavy atom. The molecule has 0 radical (unpaired) electrons. The summed E-state index contributed by atoms with van der Waals surface area (Å²) in [5, 5.41) is 12.3. The third-order valence-corrected chi connectivity index (χ3v) is 2.05. The Balaban J connectivity index is 2.15. The van der Waals surface area contributed by atoms with Gasteiger partial charge in [-0.3, -0.25) is 0 Å². The van der Waals surface area contributed by atoms with E-state index in [1.165, 1.54) is 0 Å². The SMILES string of the molecule is C[C@H](O)CN[C@@H]1CCO[C@H]1C. The summed E-state index contributed by atoms with van der Waals surface area (Å²) in [5.41, 5.74) is 0. The molecule has 0 aromatic carbocycles. The Morgan fingerprint density at radius 3 is 2.91 bits per heavy atom. The first-order valence-electron chi connectivity index (χ1n) is 4.23. The second-order valence-electron chi connectivity index (χ2n) is 3.23. The molecule has 0 bridgehead atoms. The van der Waals surface area contributed by atoms with Crippen LogP contribution >= 0.6 is 0 Å². The summed E-state index contributed by atoms with van der Waals surface area (Å²) in [6, 6.07) is 0.435. The van der Waals surface area contributed by atoms with E-state index in [4.69, 9.17) is 9.84 Å². The number of nitrogens with one attached hydrogen (secondary N) is 1. The van der Waals surface area contributed by atoms with Gasteiger partial charge in [0.1, 0.15) is 0 Å². The number of ether oxygens (including phenoxy) is 1. The third-order valence-electron chi connectivity index (χ3n) is 2.05. The summed E-state index contributed by atoms with van der Waals surface area (Å²) in [6.07, 6.45) is 1.10. The predicted octanol–water partition coefficient (Wildman–Crippen LogP) is 0.134. The monoisotopic (exact) mass is 159 g/mol. The molecule has 0 aliphatic carbocycles. The fourth-order valence-electron chi connectivity index (χ4n) is 1.32. The fraction of sp³-hybridized carbons (Fsp3) is 1.00. The Morgan fingerprint density at radius 2 is 2.45 bits per heavy atom. The van der Waals surface area contributed by atoms with Gasteiger partial charge in [0, 0.05) is 19.2 Å². The van der Waals surface area contributed by atoms with Crippen molar-refractivity contribution in [3.63, 3.8) is 0 Å². The lowest BCUT2D eigenvalue weighted by Crippen LogP contribution is -2.38. The van der Waals surface area contributed by atoms with Gasteiger partial charge in [0.05, 0.1) is 12.2 Å². The van der Waals surface area contributed by atoms with Crippen molar-refractivity contribution in [3.05, 3.63) is 0 Å². The van der Waals surface area contributed by atoms with E-state index in [1.54, 1.807) is 6.92 Å². The van der Waals surface area contributed by atoms with Crippen molar-refractivity contribution in [3.8, 4) is 0 Å². The Hall–Kier alpha value is -0.120. The molecule has 0 saturated carbocycles. The van der Waals surface area contributed by atoms with Crippen molar-refractivity contribution in [2.75, 3.05) is 13.2 Å². The van der Waals surface area contributed by atoms with Crippen molar-refractivity contribution in [2.45, 2.75) is 38.5 Å². The summed E-state index contributed by atoms with van der Waals surface area (Å²) in [7, 11) is 0. The van der Waals surface area contributed by atoms with Gasteiger partial charge in [0.15, 0.2) is 0 Å². The summed E-state index contributed by atoms with van der Waals surface area (Å²) in [5.74, 6) is 0. The van der Waals surface area contributed by atoms with Crippen LogP contribution in [0.5, 0.6) is 0 Å². The first-order valence-corrected chi connectivity index (χ1v) is 4.23. The summed E-state index contributed by atoms with van der Waals surface area (Å²) >= 11 is 0. The number of aliphatic hydroxyl groups excluding tert-OH is 1. The molecule has 11 heavy (non-hydrogen) atoms. The molecule has 0 amide bonds. The molecule has 2 N–H and O–H groups in total. The van der Waals surface area contributed by atoms with Crippen LogP contribution in [0.3, 0.4) is 0 Å². The lowest BCUT2D eigenvalue weighted by Gasteiger charge is -2.16. The van der Waals surface area contributed by atoms with Crippen molar-refractivity contribution in [1.82, 2.24) is 5.32 Å². The van der Waals surface area contributed by atoms with Crippen molar-refractivity contribution >= 4 is 0 Å². The second kappa shape index (κ2) is 4.04. The van der Waals surface area contributed by atoms with Crippen molar-refractivity contribution in [1.29, 1.82) is 0 Å². The van der Waals surface area contributed by atoms with Crippen LogP contribution in [-0.2, 0) is 4.74 Å². The van der Waals surface area contributed by atoms with Gasteiger partial charge < -0.3 is 15.2 Å². The topological polar surface area (TPSA) is 41.5 Å². The molecule has 1 fully saturated rings. The fourth-order valence-corrected chi connectivity index (χ4v) is 1.32. The quantitative estimate of drug-likeness (QED) is 0.615. The molecule has 1 heterocycles. The number of hydrogen-bond acceptors (Lipinski definition) is 3. The zero-order chi connectivity index (χ0) is 8.27. The molecule has 1 rings (SSSR count). The van der Waals surface area contributed by atoms with Gasteiger partial charge in [0.25, 0.3) is 0 Å². The largest absolute Gasteiger partial charge is 0.392 e. The minimum Gasteiger partial charge on any atom is -0.392 e. The predicted molar refractivity (Wildman–Crippen MR) is 43.5 cm³/mol. The van der Waals surface area contributed by atoms with Crippen LogP contribution in [0.15, 0.2) is 0 Å². The normalized spacial score (nSPS) is 34.1. The lowest BCUT2D eigenvalue weighted by molar-refractivity contribution is 0.108. The van der Waals surface area contributed by atoms with Crippen LogP contribution in [0.2, 0.25) is 0 Å². The molecular weight excluding hydrogens is 142 g/mol. The van der Waals surface area contributed by atoms with Gasteiger partial charge in [-0.05, 0) is 20.3 Å². The zero-order valence-corrected chi connectivity index (χ0v) is 7.21. The van der Waals surface area contributed by atoms with Gasteiger partial charge in [-0.15, -0.1) is 0 Å². The molecule has 66 valence electrons. The highest BCUT2D eigenvalue weighted by Crippen LogP contribution is 2.11. The Bertz CT molecular complexity index is 117. The van der Waals surface area contributed by atoms with E-state index in [0.717, 1.165) is 13.0 Å². The smallest absolute Gasteiger partial charge is 0.0700 e. The zero-order valence-electron chi connectivity index (χ0n) is 7.21. The van der Waals surface area contributed by atoms with Crippen molar-refractivity contribution < 1.29 is 9.84 Å². The summed E-state index contributed by atoms with van der Waals surface area (Å²) in [6.45, 7) is 5.36. The van der Waals surface area contributed by atoms with Crippen LogP contribution < -0.4 is 5.32 Å². The average Bonchev–Trinajstić information content (AvgIpc) is 2.31. The van der Waals surface area contributed by atoms with E-state index in [1.807, 2.05) is 0 Å². The Kier molecular flexibility index (Phi) is 3.30. The molecule has 3 nitrogen and oxygen atoms in total. The minimum absolute atomic E-state index is 0.261. The summed E-state index contributed by atoms with van der Waals surface area (Å²) in [4.78, 5) is 0. The molecule has 1 aliphatic rings. The van der Waals surface area contributed by atoms with E-state index >= 15 is 0 Å². The van der Waals surface area contributed by atoms with Gasteiger partial charge in [-0.2, -0.15) is 0 Å². The first kappa shape index (κ1) is 8.97. The van der Waals surface area contributed by atoms with E-state index in [-0.39, 0.29) is 6.10 Å². The van der Waals surface area contributed by atoms with E-state index in [0.29, 0.717) is 18.7 Å². The van der Waals surface area contributed by atoms with Gasteiger partial charge in [0.2, 0.25) is 0 Å². The van der Waals surface area contributed by atoms with Crippen LogP contribution in [0.1, 0.15) is 20.3 Å². The maximum atomic E-state index is 9.00. The average molecular weight is 159 g/mol. The highest BCUT2D eigenvalue weighted by atomic mass is 16.5. The number of aliphatic hydroxyl groups is 1. The van der Waals surface area contributed by atoms with Gasteiger partial charge >= 0.3 is 0 Å². The molecule has 1 saturated heterocycles. The van der Waals surface area contributed by atoms with Crippen LogP contribution in [0.4, 0.5) is 0 Å². The molecular formula is C8H17NO2. The van der Waals surface area contributed by atoms with Crippen LogP contribution in [0.25, 0.3) is 0 Å². The lowest BCUT2D eigenvalue weighted by atomic mass is 10.1. The maximum Gasteiger partial charge on any atom is 0.0700 e. The van der Waals surface area contributed by atoms with Crippen molar-refractivity contribution in [2.24, 2.45) is 0 Å². The van der Waals surface area contributed by atoms with Gasteiger partial charge in [-0.1, -0.05) is 0 Å². The highest BCUT2D eigenvalue weighted by Gasteiger charge is 2.23. The van der Waals surface area contributed by atoms with E-state index < -0.39 is 0 Å². The molecule has 0 aromatic heterocycles. The number of rotatable bonds is 3. The van der Waals surface area contributed by atoms with Gasteiger partial charge in [-0.25, -0.2) is 0 Å². The highest BCUT2D eigenvalue weighted by molar-refractivity contribution is 4.79. The van der Waals surface area contributed by atoms with E-state index in [9.17, 15) is 0 Å². The standard InChI is InChI=1S/C8H17NO2/c1-6(10)5-9-8-3-4-11-7(8)2/h6-10H,3-5H2,1-2H3/t6-,7-,8+/m0/s1. The number of hydrogen-bond donors (Lipinski definition) is 2. The molecule has 0 unspecified atom stereocenters. The molecule has 0 spiro atoms. The minimum atomic E-state index is -0.261. The first-order chi connectivity index (χ1) is 5.20. The summed E-state index contributed by atoms with van der Waals surface area (Å²) < 4.78 is 5.35. The van der Waals surface area contributed by atoms with E-state index in [2.05, 4.69) is 12.2 Å². The maximum absolute atomic E-state index is 9.00. The second-order valence-corrected chi connectivity index (χ2v) is 3.23. The van der Waals surface area contributed by atoms with Crippen LogP contribution in [-0.4, -0.2) is 36.5 Å². The molecule has 1 aliphatic heterocycles. The Labute approximate surface area is 67.7 Å². The molecule has 3 heteroatoms. The molecule has 3 atom stereocenters. The molecule has 0 aromatic rings. The third kappa shape index (κ3) is 2.77. The van der Waals surface area contributed by atoms with Crippen LogP contribution in [0, 0.1) is 0 Å².